The van der Waals surface area contributed by atoms with E-state index in [1.165, 1.54) is 4.90 Å². The molecule has 6 nitrogen and oxygen atoms in total. The maximum absolute atomic E-state index is 13.4. The molecule has 3 amide bonds. The van der Waals surface area contributed by atoms with Crippen molar-refractivity contribution in [1.82, 2.24) is 14.8 Å². The van der Waals surface area contributed by atoms with E-state index in [1.807, 2.05) is 42.5 Å². The van der Waals surface area contributed by atoms with Crippen LogP contribution in [0.2, 0.25) is 0 Å². The van der Waals surface area contributed by atoms with Gasteiger partial charge in [-0.05, 0) is 35.7 Å². The number of imide groups is 1. The minimum atomic E-state index is -0.465. The van der Waals surface area contributed by atoms with Gasteiger partial charge in [-0.15, -0.1) is 0 Å². The van der Waals surface area contributed by atoms with Crippen LogP contribution in [0, 0.1) is 0 Å². The standard InChI is InChI=1S/C24H25N3O3/c1-3-4-13-26-23(28)20-14-18-17-7-5-6-8-19(17)25-21(18)22(27(20)24(26)29)15-9-11-16(30-2)12-10-15/h5-12,20,22,25H,3-4,13-14H2,1-2H3/t20-,22+/m1/s1. The number of amides is 3. The summed E-state index contributed by atoms with van der Waals surface area (Å²) in [4.78, 5) is 33.4. The van der Waals surface area contributed by atoms with Crippen molar-refractivity contribution >= 4 is 22.8 Å². The number of aromatic amines is 1. The first kappa shape index (κ1) is 18.7. The highest BCUT2D eigenvalue weighted by molar-refractivity contribution is 6.05. The lowest BCUT2D eigenvalue weighted by molar-refractivity contribution is -0.128. The number of nitrogens with one attached hydrogen (secondary N) is 1. The summed E-state index contributed by atoms with van der Waals surface area (Å²) in [6.07, 6.45) is 2.30. The number of nitrogens with zero attached hydrogens (tertiary/aromatic N) is 2. The van der Waals surface area contributed by atoms with Gasteiger partial charge in [-0.1, -0.05) is 43.7 Å². The van der Waals surface area contributed by atoms with E-state index in [4.69, 9.17) is 4.74 Å². The molecule has 30 heavy (non-hydrogen) atoms. The topological polar surface area (TPSA) is 65.6 Å². The second-order valence-corrected chi connectivity index (χ2v) is 7.99. The Morgan fingerprint density at radius 1 is 1.10 bits per heavy atom. The summed E-state index contributed by atoms with van der Waals surface area (Å²) >= 11 is 0. The molecule has 0 saturated carbocycles. The van der Waals surface area contributed by atoms with Gasteiger partial charge in [0.05, 0.1) is 7.11 Å². The Morgan fingerprint density at radius 3 is 2.60 bits per heavy atom. The summed E-state index contributed by atoms with van der Waals surface area (Å²) in [5.41, 5.74) is 4.12. The Labute approximate surface area is 175 Å². The van der Waals surface area contributed by atoms with Crippen LogP contribution in [-0.4, -0.2) is 46.4 Å². The Morgan fingerprint density at radius 2 is 1.87 bits per heavy atom. The Balaban J connectivity index is 1.66. The molecule has 1 fully saturated rings. The molecule has 3 aromatic rings. The zero-order chi connectivity index (χ0) is 20.8. The molecule has 2 aliphatic heterocycles. The third-order valence-electron chi connectivity index (χ3n) is 6.30. The van der Waals surface area contributed by atoms with Crippen molar-refractivity contribution in [3.63, 3.8) is 0 Å². The van der Waals surface area contributed by atoms with Gasteiger partial charge >= 0.3 is 6.03 Å². The van der Waals surface area contributed by atoms with Gasteiger partial charge in [0, 0.05) is 29.6 Å². The van der Waals surface area contributed by atoms with Crippen molar-refractivity contribution in [1.29, 1.82) is 0 Å². The summed E-state index contributed by atoms with van der Waals surface area (Å²) in [6.45, 7) is 2.54. The molecule has 1 saturated heterocycles. The van der Waals surface area contributed by atoms with Crippen molar-refractivity contribution in [2.45, 2.75) is 38.3 Å². The number of hydrogen-bond donors (Lipinski definition) is 1. The van der Waals surface area contributed by atoms with Gasteiger partial charge in [0.2, 0.25) is 0 Å². The van der Waals surface area contributed by atoms with E-state index < -0.39 is 6.04 Å². The predicted octanol–water partition coefficient (Wildman–Crippen LogP) is 4.25. The number of fused-ring (bicyclic) bond motifs is 4. The number of carbonyl (C=O) groups is 2. The molecule has 2 aromatic carbocycles. The van der Waals surface area contributed by atoms with Crippen molar-refractivity contribution in [3.05, 3.63) is 65.4 Å². The van der Waals surface area contributed by atoms with E-state index in [0.29, 0.717) is 13.0 Å². The molecule has 5 rings (SSSR count). The number of carbonyl (C=O) groups excluding carboxylic acids is 2. The number of aromatic nitrogens is 1. The molecule has 1 N–H and O–H groups in total. The second kappa shape index (κ2) is 7.20. The van der Waals surface area contributed by atoms with Gasteiger partial charge < -0.3 is 9.72 Å². The number of rotatable bonds is 5. The van der Waals surface area contributed by atoms with Crippen LogP contribution in [0.15, 0.2) is 48.5 Å². The third kappa shape index (κ3) is 2.70. The van der Waals surface area contributed by atoms with Crippen molar-refractivity contribution in [2.24, 2.45) is 0 Å². The highest BCUT2D eigenvalue weighted by atomic mass is 16.5. The zero-order valence-electron chi connectivity index (χ0n) is 17.2. The van der Waals surface area contributed by atoms with Crippen LogP contribution >= 0.6 is 0 Å². The average Bonchev–Trinajstić information content (AvgIpc) is 3.26. The Kier molecular flexibility index (Phi) is 4.50. The molecule has 2 aliphatic rings. The normalized spacial score (nSPS) is 20.6. The second-order valence-electron chi connectivity index (χ2n) is 7.99. The van der Waals surface area contributed by atoms with Gasteiger partial charge in [-0.25, -0.2) is 4.79 Å². The number of H-pyrrole nitrogens is 1. The van der Waals surface area contributed by atoms with Crippen LogP contribution in [0.3, 0.4) is 0 Å². The van der Waals surface area contributed by atoms with Crippen LogP contribution in [-0.2, 0) is 11.2 Å². The zero-order valence-corrected chi connectivity index (χ0v) is 17.2. The molecule has 2 atom stereocenters. The summed E-state index contributed by atoms with van der Waals surface area (Å²) in [5, 5.41) is 1.12. The SMILES string of the molecule is CCCCN1C(=O)[C@H]2Cc3c([nH]c4ccccc34)[C@H](c3ccc(OC)cc3)N2C1=O. The Bertz CT molecular complexity index is 1120. The minimum absolute atomic E-state index is 0.0807. The minimum Gasteiger partial charge on any atom is -0.497 e. The third-order valence-corrected chi connectivity index (χ3v) is 6.30. The number of hydrogen-bond acceptors (Lipinski definition) is 3. The highest BCUT2D eigenvalue weighted by Crippen LogP contribution is 2.44. The molecular formula is C24H25N3O3. The molecule has 3 heterocycles. The molecule has 0 radical (unpaired) electrons. The first-order valence-corrected chi connectivity index (χ1v) is 10.5. The largest absolute Gasteiger partial charge is 0.497 e. The summed E-state index contributed by atoms with van der Waals surface area (Å²) in [7, 11) is 1.63. The molecule has 0 unspecified atom stereocenters. The number of ether oxygens (including phenoxy) is 1. The van der Waals surface area contributed by atoms with E-state index in [1.54, 1.807) is 12.0 Å². The smallest absolute Gasteiger partial charge is 0.328 e. The number of para-hydroxylation sites is 1. The Hall–Kier alpha value is -3.28. The first-order valence-electron chi connectivity index (χ1n) is 10.5. The maximum Gasteiger partial charge on any atom is 0.328 e. The monoisotopic (exact) mass is 403 g/mol. The van der Waals surface area contributed by atoms with Crippen LogP contribution in [0.5, 0.6) is 5.75 Å². The fourth-order valence-corrected chi connectivity index (χ4v) is 4.78. The highest BCUT2D eigenvalue weighted by Gasteiger charge is 2.52. The summed E-state index contributed by atoms with van der Waals surface area (Å²) in [6, 6.07) is 14.9. The lowest BCUT2D eigenvalue weighted by Gasteiger charge is -2.36. The number of unbranched alkanes of at least 4 members (excludes halogenated alkanes) is 1. The summed E-state index contributed by atoms with van der Waals surface area (Å²) < 4.78 is 5.31. The molecule has 0 aliphatic carbocycles. The molecule has 0 bridgehead atoms. The van der Waals surface area contributed by atoms with Crippen molar-refractivity contribution in [3.8, 4) is 5.75 Å². The summed E-state index contributed by atoms with van der Waals surface area (Å²) in [5.74, 6) is 0.680. The van der Waals surface area contributed by atoms with E-state index in [2.05, 4.69) is 18.0 Å². The van der Waals surface area contributed by atoms with E-state index in [-0.39, 0.29) is 18.0 Å². The molecular weight excluding hydrogens is 378 g/mol. The van der Waals surface area contributed by atoms with E-state index in [9.17, 15) is 9.59 Å². The molecule has 154 valence electrons. The fourth-order valence-electron chi connectivity index (χ4n) is 4.78. The van der Waals surface area contributed by atoms with Gasteiger partial charge in [0.25, 0.3) is 5.91 Å². The van der Waals surface area contributed by atoms with Crippen LogP contribution in [0.1, 0.15) is 42.6 Å². The van der Waals surface area contributed by atoms with Crippen LogP contribution in [0.4, 0.5) is 4.79 Å². The predicted molar refractivity (Wildman–Crippen MR) is 114 cm³/mol. The van der Waals surface area contributed by atoms with E-state index in [0.717, 1.165) is 46.3 Å². The lowest BCUT2D eigenvalue weighted by Crippen LogP contribution is -2.44. The molecule has 1 aromatic heterocycles. The number of methoxy groups -OCH3 is 1. The molecule has 0 spiro atoms. The number of urea groups is 1. The van der Waals surface area contributed by atoms with Crippen LogP contribution in [0.25, 0.3) is 10.9 Å². The quantitative estimate of drug-likeness (QED) is 0.648. The van der Waals surface area contributed by atoms with Gasteiger partial charge in [-0.3, -0.25) is 14.6 Å². The lowest BCUT2D eigenvalue weighted by atomic mass is 9.89. The molecule has 6 heteroatoms. The first-order chi connectivity index (χ1) is 14.6. The van der Waals surface area contributed by atoms with Gasteiger partial charge in [0.1, 0.15) is 17.8 Å². The number of benzene rings is 2. The van der Waals surface area contributed by atoms with Gasteiger partial charge in [0.15, 0.2) is 0 Å². The van der Waals surface area contributed by atoms with Crippen LogP contribution < -0.4 is 4.74 Å². The fraction of sp³-hybridized carbons (Fsp3) is 0.333. The average molecular weight is 403 g/mol. The van der Waals surface area contributed by atoms with Crippen molar-refractivity contribution in [2.75, 3.05) is 13.7 Å². The van der Waals surface area contributed by atoms with E-state index >= 15 is 0 Å². The maximum atomic E-state index is 13.4. The van der Waals surface area contributed by atoms with Crippen molar-refractivity contribution < 1.29 is 14.3 Å². The van der Waals surface area contributed by atoms with Gasteiger partial charge in [-0.2, -0.15) is 0 Å².